The van der Waals surface area contributed by atoms with Crippen molar-refractivity contribution in [2.24, 2.45) is 5.73 Å². The topological polar surface area (TPSA) is 84.2 Å². The van der Waals surface area contributed by atoms with Crippen LogP contribution in [0, 0.1) is 0 Å². The van der Waals surface area contributed by atoms with Gasteiger partial charge in [-0.15, -0.1) is 0 Å². The summed E-state index contributed by atoms with van der Waals surface area (Å²) in [6.45, 7) is 4.82. The minimum Gasteiger partial charge on any atom is -0.356 e. The highest BCUT2D eigenvalue weighted by atomic mass is 16.2. The summed E-state index contributed by atoms with van der Waals surface area (Å²) in [7, 11) is 0. The van der Waals surface area contributed by atoms with Gasteiger partial charge in [0.1, 0.15) is 0 Å². The van der Waals surface area contributed by atoms with E-state index in [9.17, 15) is 9.59 Å². The van der Waals surface area contributed by atoms with Crippen molar-refractivity contribution in [3.05, 3.63) is 0 Å². The first-order valence-corrected chi connectivity index (χ1v) is 5.85. The Balaban J connectivity index is 3.40. The molecule has 0 aromatic rings. The molecule has 1 atom stereocenters. The Morgan fingerprint density at radius 1 is 1.19 bits per heavy atom. The summed E-state index contributed by atoms with van der Waals surface area (Å²) in [6, 6.07) is 0.142. The van der Waals surface area contributed by atoms with Crippen molar-refractivity contribution in [3.8, 4) is 0 Å². The molecular weight excluding hydrogens is 206 g/mol. The molecule has 94 valence electrons. The van der Waals surface area contributed by atoms with Gasteiger partial charge in [0.05, 0.1) is 0 Å². The highest BCUT2D eigenvalue weighted by molar-refractivity contribution is 5.78. The molecule has 5 nitrogen and oxygen atoms in total. The van der Waals surface area contributed by atoms with Crippen molar-refractivity contribution in [1.82, 2.24) is 10.6 Å². The second kappa shape index (κ2) is 9.15. The molecule has 0 aliphatic heterocycles. The zero-order chi connectivity index (χ0) is 12.4. The fraction of sp³-hybridized carbons (Fsp3) is 0.818. The first-order chi connectivity index (χ1) is 7.56. The Morgan fingerprint density at radius 2 is 1.81 bits per heavy atom. The van der Waals surface area contributed by atoms with Crippen LogP contribution in [0.15, 0.2) is 0 Å². The van der Waals surface area contributed by atoms with Crippen molar-refractivity contribution in [2.75, 3.05) is 13.1 Å². The molecule has 0 aromatic carbocycles. The molecule has 0 aliphatic carbocycles. The standard InChI is InChI=1S/C11H23N3O2/c1-3-13-11(16)7-8-14-10(15)6-4-5-9(2)12/h9H,3-8,12H2,1-2H3,(H,13,16)(H,14,15). The van der Waals surface area contributed by atoms with Gasteiger partial charge < -0.3 is 16.4 Å². The molecule has 0 saturated carbocycles. The van der Waals surface area contributed by atoms with Crippen LogP contribution in [0.2, 0.25) is 0 Å². The van der Waals surface area contributed by atoms with Crippen molar-refractivity contribution < 1.29 is 9.59 Å². The van der Waals surface area contributed by atoms with Crippen LogP contribution in [-0.4, -0.2) is 30.9 Å². The molecular formula is C11H23N3O2. The number of hydrogen-bond donors (Lipinski definition) is 3. The maximum Gasteiger partial charge on any atom is 0.221 e. The van der Waals surface area contributed by atoms with E-state index in [4.69, 9.17) is 5.73 Å². The largest absolute Gasteiger partial charge is 0.356 e. The summed E-state index contributed by atoms with van der Waals surface area (Å²) < 4.78 is 0. The van der Waals surface area contributed by atoms with Gasteiger partial charge in [0.15, 0.2) is 0 Å². The third-order valence-corrected chi connectivity index (χ3v) is 2.11. The Kier molecular flexibility index (Phi) is 8.52. The van der Waals surface area contributed by atoms with Crippen LogP contribution in [0.25, 0.3) is 0 Å². The Bertz CT molecular complexity index is 217. The van der Waals surface area contributed by atoms with E-state index >= 15 is 0 Å². The SMILES string of the molecule is CCNC(=O)CCNC(=O)CCCC(C)N. The van der Waals surface area contributed by atoms with Crippen LogP contribution in [0.5, 0.6) is 0 Å². The lowest BCUT2D eigenvalue weighted by molar-refractivity contribution is -0.122. The molecule has 2 amide bonds. The smallest absolute Gasteiger partial charge is 0.221 e. The van der Waals surface area contributed by atoms with E-state index in [1.165, 1.54) is 0 Å². The molecule has 0 saturated heterocycles. The molecule has 16 heavy (non-hydrogen) atoms. The van der Waals surface area contributed by atoms with Crippen molar-refractivity contribution in [2.45, 2.75) is 45.6 Å². The Labute approximate surface area is 97.2 Å². The van der Waals surface area contributed by atoms with Crippen LogP contribution >= 0.6 is 0 Å². The molecule has 4 N–H and O–H groups in total. The van der Waals surface area contributed by atoms with Gasteiger partial charge in [0.2, 0.25) is 11.8 Å². The van der Waals surface area contributed by atoms with Gasteiger partial charge in [-0.2, -0.15) is 0 Å². The molecule has 0 rings (SSSR count). The third-order valence-electron chi connectivity index (χ3n) is 2.11. The van der Waals surface area contributed by atoms with E-state index in [-0.39, 0.29) is 17.9 Å². The van der Waals surface area contributed by atoms with Crippen molar-refractivity contribution in [3.63, 3.8) is 0 Å². The van der Waals surface area contributed by atoms with E-state index in [0.29, 0.717) is 25.9 Å². The van der Waals surface area contributed by atoms with Crippen LogP contribution in [0.4, 0.5) is 0 Å². The first-order valence-electron chi connectivity index (χ1n) is 5.85. The van der Waals surface area contributed by atoms with E-state index in [1.54, 1.807) is 0 Å². The molecule has 0 aromatic heterocycles. The van der Waals surface area contributed by atoms with Crippen LogP contribution < -0.4 is 16.4 Å². The number of nitrogens with two attached hydrogens (primary N) is 1. The fourth-order valence-corrected chi connectivity index (χ4v) is 1.27. The minimum absolute atomic E-state index is 0.00931. The van der Waals surface area contributed by atoms with Gasteiger partial charge in [-0.1, -0.05) is 0 Å². The summed E-state index contributed by atoms with van der Waals surface area (Å²) in [5.74, 6) is -0.0386. The summed E-state index contributed by atoms with van der Waals surface area (Å²) >= 11 is 0. The predicted octanol–water partition coefficient (Wildman–Crippen LogP) is 0.146. The van der Waals surface area contributed by atoms with Gasteiger partial charge in [-0.05, 0) is 26.7 Å². The molecule has 0 heterocycles. The summed E-state index contributed by atoms with van der Waals surface area (Å²) in [4.78, 5) is 22.3. The van der Waals surface area contributed by atoms with Crippen LogP contribution in [0.1, 0.15) is 39.5 Å². The van der Waals surface area contributed by atoms with Crippen molar-refractivity contribution in [1.29, 1.82) is 0 Å². The van der Waals surface area contributed by atoms with E-state index in [0.717, 1.165) is 12.8 Å². The number of hydrogen-bond acceptors (Lipinski definition) is 3. The molecule has 1 unspecified atom stereocenters. The van der Waals surface area contributed by atoms with Crippen LogP contribution in [0.3, 0.4) is 0 Å². The Morgan fingerprint density at radius 3 is 2.38 bits per heavy atom. The molecule has 5 heteroatoms. The lowest BCUT2D eigenvalue weighted by Crippen LogP contribution is -2.30. The molecule has 0 fully saturated rings. The molecule has 0 aliphatic rings. The normalized spacial score (nSPS) is 11.9. The highest BCUT2D eigenvalue weighted by Gasteiger charge is 2.03. The third kappa shape index (κ3) is 9.45. The summed E-state index contributed by atoms with van der Waals surface area (Å²) in [6.07, 6.45) is 2.47. The number of nitrogens with one attached hydrogen (secondary N) is 2. The fourth-order valence-electron chi connectivity index (χ4n) is 1.27. The Hall–Kier alpha value is -1.10. The van der Waals surface area contributed by atoms with E-state index in [2.05, 4.69) is 10.6 Å². The second-order valence-electron chi connectivity index (χ2n) is 3.92. The van der Waals surface area contributed by atoms with Gasteiger partial charge in [-0.25, -0.2) is 0 Å². The first kappa shape index (κ1) is 14.9. The maximum absolute atomic E-state index is 11.3. The minimum atomic E-state index is -0.0293. The summed E-state index contributed by atoms with van der Waals surface area (Å²) in [5.41, 5.74) is 5.57. The second-order valence-corrected chi connectivity index (χ2v) is 3.92. The van der Waals surface area contributed by atoms with Crippen molar-refractivity contribution >= 4 is 11.8 Å². The molecule has 0 spiro atoms. The van der Waals surface area contributed by atoms with Gasteiger partial charge >= 0.3 is 0 Å². The number of amides is 2. The molecule has 0 radical (unpaired) electrons. The van der Waals surface area contributed by atoms with Gasteiger partial charge in [0.25, 0.3) is 0 Å². The van der Waals surface area contributed by atoms with Crippen LogP contribution in [-0.2, 0) is 9.59 Å². The van der Waals surface area contributed by atoms with E-state index < -0.39 is 0 Å². The highest BCUT2D eigenvalue weighted by Crippen LogP contribution is 1.97. The predicted molar refractivity (Wildman–Crippen MR) is 63.8 cm³/mol. The number of carbonyl (C=O) groups excluding carboxylic acids is 2. The average molecular weight is 229 g/mol. The lowest BCUT2D eigenvalue weighted by atomic mass is 10.1. The van der Waals surface area contributed by atoms with Gasteiger partial charge in [0, 0.05) is 32.0 Å². The zero-order valence-corrected chi connectivity index (χ0v) is 10.2. The lowest BCUT2D eigenvalue weighted by Gasteiger charge is -2.06. The van der Waals surface area contributed by atoms with E-state index in [1.807, 2.05) is 13.8 Å². The number of rotatable bonds is 8. The maximum atomic E-state index is 11.3. The van der Waals surface area contributed by atoms with Gasteiger partial charge in [-0.3, -0.25) is 9.59 Å². The molecule has 0 bridgehead atoms. The summed E-state index contributed by atoms with van der Waals surface area (Å²) in [5, 5.41) is 5.38. The zero-order valence-electron chi connectivity index (χ0n) is 10.2. The average Bonchev–Trinajstić information content (AvgIpc) is 2.17. The quantitative estimate of drug-likeness (QED) is 0.554. The number of carbonyl (C=O) groups is 2. The monoisotopic (exact) mass is 229 g/mol.